The third kappa shape index (κ3) is 5.76. The van der Waals surface area contributed by atoms with E-state index in [9.17, 15) is 13.6 Å². The number of halogens is 2. The van der Waals surface area contributed by atoms with E-state index in [-0.39, 0.29) is 25.7 Å². The molecule has 0 aromatic rings. The van der Waals surface area contributed by atoms with Gasteiger partial charge in [-0.15, -0.1) is 0 Å². The van der Waals surface area contributed by atoms with Gasteiger partial charge in [-0.25, -0.2) is 8.78 Å². The van der Waals surface area contributed by atoms with Crippen molar-refractivity contribution in [2.45, 2.75) is 38.5 Å². The highest BCUT2D eigenvalue weighted by atomic mass is 19.3. The Hall–Kier alpha value is -0.670. The van der Waals surface area contributed by atoms with Crippen molar-refractivity contribution in [3.05, 3.63) is 0 Å². The van der Waals surface area contributed by atoms with Gasteiger partial charge in [0.25, 0.3) is 0 Å². The first kappa shape index (κ1) is 10.3. The van der Waals surface area contributed by atoms with Crippen LogP contribution in [-0.2, 0) is 4.79 Å². The van der Waals surface area contributed by atoms with E-state index in [4.69, 9.17) is 5.73 Å². The standard InChI is InChI=1S/C7H13F2NO/c1-2-7(8,9)5-3-4-6(10)11/h2-5H2,1H3,(H2,10,11). The molecule has 2 nitrogen and oxygen atoms in total. The van der Waals surface area contributed by atoms with Crippen LogP contribution in [-0.4, -0.2) is 11.8 Å². The molecule has 0 aromatic heterocycles. The second kappa shape index (κ2) is 4.26. The first-order valence-electron chi connectivity index (χ1n) is 3.64. The molecule has 66 valence electrons. The molecule has 0 radical (unpaired) electrons. The van der Waals surface area contributed by atoms with Crippen molar-refractivity contribution in [2.75, 3.05) is 0 Å². The summed E-state index contributed by atoms with van der Waals surface area (Å²) in [5, 5.41) is 0. The second-order valence-electron chi connectivity index (χ2n) is 2.53. The van der Waals surface area contributed by atoms with Crippen LogP contribution in [0.5, 0.6) is 0 Å². The van der Waals surface area contributed by atoms with Crippen LogP contribution in [0.3, 0.4) is 0 Å². The normalized spacial score (nSPS) is 11.5. The molecular weight excluding hydrogens is 152 g/mol. The Bertz CT molecular complexity index is 136. The average molecular weight is 165 g/mol. The van der Waals surface area contributed by atoms with Gasteiger partial charge in [-0.3, -0.25) is 4.79 Å². The van der Waals surface area contributed by atoms with E-state index in [1.807, 2.05) is 0 Å². The molecule has 0 atom stereocenters. The number of hydrogen-bond acceptors (Lipinski definition) is 1. The predicted octanol–water partition coefficient (Wildman–Crippen LogP) is 1.69. The molecule has 0 aliphatic carbocycles. The first-order chi connectivity index (χ1) is 4.98. The minimum absolute atomic E-state index is 0.0512. The molecule has 0 aliphatic rings. The summed E-state index contributed by atoms with van der Waals surface area (Å²) in [4.78, 5) is 10.2. The maximum absolute atomic E-state index is 12.5. The molecule has 0 bridgehead atoms. The lowest BCUT2D eigenvalue weighted by Crippen LogP contribution is -2.16. The molecule has 0 unspecified atom stereocenters. The van der Waals surface area contributed by atoms with Gasteiger partial charge in [0.05, 0.1) is 0 Å². The molecule has 2 N–H and O–H groups in total. The summed E-state index contributed by atoms with van der Waals surface area (Å²) in [7, 11) is 0. The maximum atomic E-state index is 12.5. The number of carbonyl (C=O) groups is 1. The molecule has 0 aromatic carbocycles. The molecule has 1 amide bonds. The third-order valence-electron chi connectivity index (χ3n) is 1.48. The Balaban J connectivity index is 3.45. The molecule has 0 heterocycles. The van der Waals surface area contributed by atoms with E-state index < -0.39 is 11.8 Å². The molecule has 0 saturated carbocycles. The van der Waals surface area contributed by atoms with E-state index in [2.05, 4.69) is 0 Å². The fraction of sp³-hybridized carbons (Fsp3) is 0.857. The number of carbonyl (C=O) groups excluding carboxylic acids is 1. The molecule has 4 heteroatoms. The zero-order chi connectivity index (χ0) is 8.91. The van der Waals surface area contributed by atoms with Crippen molar-refractivity contribution < 1.29 is 13.6 Å². The monoisotopic (exact) mass is 165 g/mol. The molecule has 0 rings (SSSR count). The SMILES string of the molecule is CCC(F)(F)CCCC(N)=O. The van der Waals surface area contributed by atoms with Crippen molar-refractivity contribution in [1.82, 2.24) is 0 Å². The number of primary amides is 1. The third-order valence-corrected chi connectivity index (χ3v) is 1.48. The van der Waals surface area contributed by atoms with Crippen LogP contribution in [0, 0.1) is 0 Å². The molecule has 0 fully saturated rings. The summed E-state index contributed by atoms with van der Waals surface area (Å²) >= 11 is 0. The van der Waals surface area contributed by atoms with E-state index in [1.165, 1.54) is 6.92 Å². The zero-order valence-corrected chi connectivity index (χ0v) is 6.57. The summed E-state index contributed by atoms with van der Waals surface area (Å²) in [5.74, 6) is -3.15. The van der Waals surface area contributed by atoms with Crippen LogP contribution in [0.4, 0.5) is 8.78 Å². The van der Waals surface area contributed by atoms with Crippen LogP contribution in [0.15, 0.2) is 0 Å². The largest absolute Gasteiger partial charge is 0.370 e. The highest BCUT2D eigenvalue weighted by Gasteiger charge is 2.25. The topological polar surface area (TPSA) is 43.1 Å². The Morgan fingerprint density at radius 1 is 1.55 bits per heavy atom. The molecule has 0 saturated heterocycles. The number of amides is 1. The van der Waals surface area contributed by atoms with Crippen LogP contribution >= 0.6 is 0 Å². The number of nitrogens with two attached hydrogens (primary N) is 1. The van der Waals surface area contributed by atoms with Gasteiger partial charge < -0.3 is 5.73 Å². The smallest absolute Gasteiger partial charge is 0.247 e. The lowest BCUT2D eigenvalue weighted by atomic mass is 10.1. The van der Waals surface area contributed by atoms with Gasteiger partial charge in [0, 0.05) is 19.3 Å². The van der Waals surface area contributed by atoms with Crippen LogP contribution in [0.2, 0.25) is 0 Å². The van der Waals surface area contributed by atoms with Crippen molar-refractivity contribution in [1.29, 1.82) is 0 Å². The Morgan fingerprint density at radius 2 is 2.09 bits per heavy atom. The predicted molar refractivity (Wildman–Crippen MR) is 38.3 cm³/mol. The Labute approximate surface area is 64.8 Å². The fourth-order valence-corrected chi connectivity index (χ4v) is 0.698. The van der Waals surface area contributed by atoms with Crippen LogP contribution < -0.4 is 5.73 Å². The van der Waals surface area contributed by atoms with Gasteiger partial charge in [-0.2, -0.15) is 0 Å². The number of rotatable bonds is 5. The Morgan fingerprint density at radius 3 is 2.45 bits per heavy atom. The number of alkyl halides is 2. The van der Waals surface area contributed by atoms with E-state index in [1.54, 1.807) is 0 Å². The molecule has 0 aliphatic heterocycles. The molecular formula is C7H13F2NO. The van der Waals surface area contributed by atoms with Gasteiger partial charge >= 0.3 is 0 Å². The zero-order valence-electron chi connectivity index (χ0n) is 6.57. The van der Waals surface area contributed by atoms with Crippen molar-refractivity contribution in [3.8, 4) is 0 Å². The van der Waals surface area contributed by atoms with E-state index in [0.29, 0.717) is 0 Å². The van der Waals surface area contributed by atoms with Crippen LogP contribution in [0.1, 0.15) is 32.6 Å². The number of hydrogen-bond donors (Lipinski definition) is 1. The van der Waals surface area contributed by atoms with E-state index >= 15 is 0 Å². The van der Waals surface area contributed by atoms with Gasteiger partial charge in [-0.1, -0.05) is 6.92 Å². The maximum Gasteiger partial charge on any atom is 0.247 e. The second-order valence-corrected chi connectivity index (χ2v) is 2.53. The minimum atomic E-state index is -2.63. The summed E-state index contributed by atoms with van der Waals surface area (Å²) in [6.07, 6.45) is -0.191. The lowest BCUT2D eigenvalue weighted by Gasteiger charge is -2.12. The van der Waals surface area contributed by atoms with Crippen molar-refractivity contribution >= 4 is 5.91 Å². The quantitative estimate of drug-likeness (QED) is 0.661. The lowest BCUT2D eigenvalue weighted by molar-refractivity contribution is -0.118. The first-order valence-corrected chi connectivity index (χ1v) is 3.64. The highest BCUT2D eigenvalue weighted by molar-refractivity contribution is 5.73. The van der Waals surface area contributed by atoms with Crippen molar-refractivity contribution in [2.24, 2.45) is 5.73 Å². The van der Waals surface area contributed by atoms with Gasteiger partial charge in [0.1, 0.15) is 0 Å². The van der Waals surface area contributed by atoms with E-state index in [0.717, 1.165) is 0 Å². The Kier molecular flexibility index (Phi) is 4.00. The minimum Gasteiger partial charge on any atom is -0.370 e. The summed E-state index contributed by atoms with van der Waals surface area (Å²) < 4.78 is 24.9. The van der Waals surface area contributed by atoms with Crippen molar-refractivity contribution in [3.63, 3.8) is 0 Å². The summed E-state index contributed by atoms with van der Waals surface area (Å²) in [6.45, 7) is 1.42. The summed E-state index contributed by atoms with van der Waals surface area (Å²) in [5.41, 5.74) is 4.78. The van der Waals surface area contributed by atoms with Crippen LogP contribution in [0.25, 0.3) is 0 Å². The molecule has 11 heavy (non-hydrogen) atoms. The van der Waals surface area contributed by atoms with Gasteiger partial charge in [0.2, 0.25) is 11.8 Å². The highest BCUT2D eigenvalue weighted by Crippen LogP contribution is 2.24. The fourth-order valence-electron chi connectivity index (χ4n) is 0.698. The average Bonchev–Trinajstić information content (AvgIpc) is 1.87. The summed E-state index contributed by atoms with van der Waals surface area (Å²) in [6, 6.07) is 0. The van der Waals surface area contributed by atoms with Gasteiger partial charge in [0.15, 0.2) is 0 Å². The molecule has 0 spiro atoms. The van der Waals surface area contributed by atoms with Gasteiger partial charge in [-0.05, 0) is 6.42 Å².